The van der Waals surface area contributed by atoms with Crippen LogP contribution in [0.1, 0.15) is 35.3 Å². The van der Waals surface area contributed by atoms with Crippen LogP contribution in [0.15, 0.2) is 36.4 Å². The normalized spacial score (nSPS) is 14.3. The van der Waals surface area contributed by atoms with E-state index in [1.165, 1.54) is 6.07 Å². The molecule has 0 aliphatic carbocycles. The third kappa shape index (κ3) is 6.11. The van der Waals surface area contributed by atoms with Gasteiger partial charge in [-0.15, -0.1) is 11.3 Å². The van der Waals surface area contributed by atoms with E-state index in [9.17, 15) is 14.4 Å². The predicted octanol–water partition coefficient (Wildman–Crippen LogP) is 0.839. The molecule has 3 amide bonds. The zero-order valence-electron chi connectivity index (χ0n) is 16.0. The molecule has 1 aromatic heterocycles. The number of ether oxygens (including phenoxy) is 1. The first-order valence-corrected chi connectivity index (χ1v) is 10.2. The maximum absolute atomic E-state index is 12.2. The maximum Gasteiger partial charge on any atom is 0.261 e. The van der Waals surface area contributed by atoms with Gasteiger partial charge in [0.25, 0.3) is 17.7 Å². The third-order valence-electron chi connectivity index (χ3n) is 4.56. The number of rotatable bonds is 8. The number of nitrogens with two attached hydrogens (primary N) is 1. The monoisotopic (exact) mass is 416 g/mol. The van der Waals surface area contributed by atoms with Gasteiger partial charge in [-0.2, -0.15) is 0 Å². The van der Waals surface area contributed by atoms with Crippen LogP contribution in [-0.2, 0) is 11.3 Å². The van der Waals surface area contributed by atoms with Crippen molar-refractivity contribution in [1.82, 2.24) is 15.5 Å². The number of carbonyl (C=O) groups is 3. The van der Waals surface area contributed by atoms with Crippen LogP contribution in [-0.4, -0.2) is 62.0 Å². The van der Waals surface area contributed by atoms with Gasteiger partial charge in [-0.3, -0.25) is 19.3 Å². The zero-order chi connectivity index (χ0) is 20.6. The molecule has 154 valence electrons. The summed E-state index contributed by atoms with van der Waals surface area (Å²) in [6.45, 7) is 4.98. The Morgan fingerprint density at radius 1 is 0.966 bits per heavy atom. The van der Waals surface area contributed by atoms with Gasteiger partial charge in [-0.1, -0.05) is 12.1 Å². The van der Waals surface area contributed by atoms with Crippen LogP contribution in [0.4, 0.5) is 0 Å². The van der Waals surface area contributed by atoms with Crippen molar-refractivity contribution in [2.75, 3.05) is 39.4 Å². The Hall–Kier alpha value is -2.75. The number of hydrogen-bond donors (Lipinski definition) is 3. The van der Waals surface area contributed by atoms with E-state index in [0.717, 1.165) is 49.7 Å². The molecule has 0 unspecified atom stereocenters. The van der Waals surface area contributed by atoms with Crippen molar-refractivity contribution in [2.45, 2.75) is 6.54 Å². The molecule has 2 heterocycles. The second-order valence-electron chi connectivity index (χ2n) is 6.62. The minimum Gasteiger partial charge on any atom is -0.379 e. The van der Waals surface area contributed by atoms with Crippen molar-refractivity contribution in [3.8, 4) is 0 Å². The molecule has 0 atom stereocenters. The van der Waals surface area contributed by atoms with Gasteiger partial charge in [-0.05, 0) is 29.8 Å². The fourth-order valence-electron chi connectivity index (χ4n) is 2.89. The molecule has 1 aromatic carbocycles. The van der Waals surface area contributed by atoms with Crippen LogP contribution in [0, 0.1) is 0 Å². The molecule has 1 aliphatic rings. The summed E-state index contributed by atoms with van der Waals surface area (Å²) in [5, 5.41) is 5.71. The van der Waals surface area contributed by atoms with E-state index in [0.29, 0.717) is 28.4 Å². The van der Waals surface area contributed by atoms with E-state index in [4.69, 9.17) is 10.5 Å². The van der Waals surface area contributed by atoms with Gasteiger partial charge in [0, 0.05) is 38.3 Å². The number of primary amides is 1. The number of hydrogen-bond acceptors (Lipinski definition) is 6. The Balaban J connectivity index is 1.43. The second kappa shape index (κ2) is 10.1. The molecule has 1 saturated heterocycles. The van der Waals surface area contributed by atoms with Gasteiger partial charge in [0.1, 0.15) is 0 Å². The highest BCUT2D eigenvalue weighted by Gasteiger charge is 2.13. The zero-order valence-corrected chi connectivity index (χ0v) is 16.8. The minimum atomic E-state index is -0.548. The molecule has 4 N–H and O–H groups in total. The lowest BCUT2D eigenvalue weighted by Crippen LogP contribution is -2.41. The van der Waals surface area contributed by atoms with E-state index in [1.807, 2.05) is 0 Å². The van der Waals surface area contributed by atoms with E-state index < -0.39 is 5.91 Å². The quantitative estimate of drug-likeness (QED) is 0.590. The van der Waals surface area contributed by atoms with Crippen LogP contribution < -0.4 is 16.4 Å². The molecule has 8 nitrogen and oxygen atoms in total. The lowest BCUT2D eigenvalue weighted by atomic mass is 10.1. The fourth-order valence-corrected chi connectivity index (χ4v) is 3.66. The predicted molar refractivity (Wildman–Crippen MR) is 110 cm³/mol. The Labute approximate surface area is 173 Å². The Bertz CT molecular complexity index is 860. The summed E-state index contributed by atoms with van der Waals surface area (Å²) >= 11 is 1.06. The number of carbonyl (C=O) groups excluding carboxylic acids is 3. The number of nitrogens with zero attached hydrogens (tertiary/aromatic N) is 1. The summed E-state index contributed by atoms with van der Waals surface area (Å²) in [6.07, 6.45) is 0. The molecule has 0 bridgehead atoms. The van der Waals surface area contributed by atoms with Crippen molar-refractivity contribution < 1.29 is 19.1 Å². The summed E-state index contributed by atoms with van der Waals surface area (Å²) in [4.78, 5) is 38.5. The number of morpholine rings is 1. The molecule has 0 radical (unpaired) electrons. The van der Waals surface area contributed by atoms with Gasteiger partial charge >= 0.3 is 0 Å². The average Bonchev–Trinajstić information content (AvgIpc) is 3.24. The summed E-state index contributed by atoms with van der Waals surface area (Å²) in [5.74, 6) is -0.938. The van der Waals surface area contributed by atoms with E-state index in [2.05, 4.69) is 15.5 Å². The van der Waals surface area contributed by atoms with Gasteiger partial charge < -0.3 is 21.1 Å². The highest BCUT2D eigenvalue weighted by Crippen LogP contribution is 2.16. The van der Waals surface area contributed by atoms with Crippen molar-refractivity contribution in [3.63, 3.8) is 0 Å². The molecule has 2 aromatic rings. The highest BCUT2D eigenvalue weighted by molar-refractivity contribution is 7.15. The molecule has 1 aliphatic heterocycles. The first kappa shape index (κ1) is 21.0. The summed E-state index contributed by atoms with van der Waals surface area (Å²) in [5.41, 5.74) is 6.64. The van der Waals surface area contributed by atoms with Gasteiger partial charge in [-0.25, -0.2) is 0 Å². The van der Waals surface area contributed by atoms with Crippen LogP contribution in [0.2, 0.25) is 0 Å². The minimum absolute atomic E-state index is 0.119. The lowest BCUT2D eigenvalue weighted by molar-refractivity contribution is 0.0383. The molecule has 0 spiro atoms. The van der Waals surface area contributed by atoms with Crippen LogP contribution in [0.5, 0.6) is 0 Å². The van der Waals surface area contributed by atoms with Crippen molar-refractivity contribution in [3.05, 3.63) is 57.3 Å². The number of benzene rings is 1. The van der Waals surface area contributed by atoms with Gasteiger partial charge in [0.15, 0.2) is 0 Å². The average molecular weight is 417 g/mol. The summed E-state index contributed by atoms with van der Waals surface area (Å²) in [6, 6.07) is 10.2. The SMILES string of the molecule is NC(=O)c1ccc(C(=O)NCc2ccc(C(=O)NCCN3CCOCC3)cc2)s1. The van der Waals surface area contributed by atoms with E-state index >= 15 is 0 Å². The largest absolute Gasteiger partial charge is 0.379 e. The van der Waals surface area contributed by atoms with Crippen LogP contribution in [0.25, 0.3) is 0 Å². The maximum atomic E-state index is 12.2. The smallest absolute Gasteiger partial charge is 0.261 e. The fraction of sp³-hybridized carbons (Fsp3) is 0.350. The van der Waals surface area contributed by atoms with E-state index in [-0.39, 0.29) is 11.8 Å². The molecule has 1 fully saturated rings. The second-order valence-corrected chi connectivity index (χ2v) is 7.70. The Kier molecular flexibility index (Phi) is 7.34. The third-order valence-corrected chi connectivity index (χ3v) is 5.66. The van der Waals surface area contributed by atoms with Crippen LogP contribution in [0.3, 0.4) is 0 Å². The number of nitrogens with one attached hydrogen (secondary N) is 2. The number of thiophene rings is 1. The highest BCUT2D eigenvalue weighted by atomic mass is 32.1. The van der Waals surface area contributed by atoms with Crippen molar-refractivity contribution in [1.29, 1.82) is 0 Å². The Morgan fingerprint density at radius 2 is 1.66 bits per heavy atom. The summed E-state index contributed by atoms with van der Waals surface area (Å²) < 4.78 is 5.30. The lowest BCUT2D eigenvalue weighted by Gasteiger charge is -2.26. The molecule has 0 saturated carbocycles. The van der Waals surface area contributed by atoms with Crippen LogP contribution >= 0.6 is 11.3 Å². The first-order chi connectivity index (χ1) is 14.0. The molecular formula is C20H24N4O4S. The summed E-state index contributed by atoms with van der Waals surface area (Å²) in [7, 11) is 0. The van der Waals surface area contributed by atoms with Crippen molar-refractivity contribution >= 4 is 29.1 Å². The topological polar surface area (TPSA) is 114 Å². The standard InChI is InChI=1S/C20H24N4O4S/c21-18(25)16-5-6-17(29-16)20(27)23-13-14-1-3-15(4-2-14)19(26)22-7-8-24-9-11-28-12-10-24/h1-6H,7-13H2,(H2,21,25)(H,22,26)(H,23,27). The molecule has 9 heteroatoms. The Morgan fingerprint density at radius 3 is 2.31 bits per heavy atom. The van der Waals surface area contributed by atoms with Gasteiger partial charge in [0.05, 0.1) is 23.0 Å². The van der Waals surface area contributed by atoms with Crippen molar-refractivity contribution in [2.24, 2.45) is 5.73 Å². The first-order valence-electron chi connectivity index (χ1n) is 9.38. The molecule has 3 rings (SSSR count). The number of amides is 3. The molecular weight excluding hydrogens is 392 g/mol. The van der Waals surface area contributed by atoms with Gasteiger partial charge in [0.2, 0.25) is 0 Å². The molecule has 29 heavy (non-hydrogen) atoms. The van der Waals surface area contributed by atoms with E-state index in [1.54, 1.807) is 30.3 Å².